The van der Waals surface area contributed by atoms with E-state index in [2.05, 4.69) is 0 Å². The Bertz CT molecular complexity index is 161. The summed E-state index contributed by atoms with van der Waals surface area (Å²) in [6.07, 6.45) is 0. The first-order chi connectivity index (χ1) is 5.24. The van der Waals surface area contributed by atoms with Gasteiger partial charge in [-0.2, -0.15) is 0 Å². The van der Waals surface area contributed by atoms with Crippen molar-refractivity contribution in [2.24, 2.45) is 0 Å². The zero-order chi connectivity index (χ0) is 9.94. The van der Waals surface area contributed by atoms with Crippen LogP contribution in [0.5, 0.6) is 0 Å². The van der Waals surface area contributed by atoms with Gasteiger partial charge in [-0.05, 0) is 20.8 Å². The lowest BCUT2D eigenvalue weighted by atomic mass is 10.2. The van der Waals surface area contributed by atoms with E-state index in [1.807, 2.05) is 20.8 Å². The van der Waals surface area contributed by atoms with Crippen molar-refractivity contribution >= 4 is 6.03 Å². The highest BCUT2D eigenvalue weighted by Crippen LogP contribution is 2.09. The molecule has 0 aliphatic rings. The van der Waals surface area contributed by atoms with Crippen molar-refractivity contribution in [2.75, 3.05) is 21.1 Å². The van der Waals surface area contributed by atoms with E-state index in [0.29, 0.717) is 0 Å². The Morgan fingerprint density at radius 2 is 1.58 bits per heavy atom. The van der Waals surface area contributed by atoms with Gasteiger partial charge in [-0.25, -0.2) is 9.86 Å². The first-order valence-corrected chi connectivity index (χ1v) is 3.88. The molecule has 0 aliphatic carbocycles. The molecule has 0 aromatic heterocycles. The Morgan fingerprint density at radius 1 is 1.17 bits per heavy atom. The summed E-state index contributed by atoms with van der Waals surface area (Å²) in [4.78, 5) is 18.0. The predicted molar refractivity (Wildman–Crippen MR) is 47.7 cm³/mol. The normalized spacial score (nSPS) is 11.2. The molecule has 0 aromatic rings. The molecular formula is C8H18N2O2. The molecule has 4 heteroatoms. The molecule has 0 N–H and O–H groups in total. The molecule has 0 fully saturated rings. The molecule has 0 spiro atoms. The Morgan fingerprint density at radius 3 is 1.83 bits per heavy atom. The monoisotopic (exact) mass is 174 g/mol. The third kappa shape index (κ3) is 4.18. The average Bonchev–Trinajstić information content (AvgIpc) is 1.82. The van der Waals surface area contributed by atoms with Crippen LogP contribution in [0.3, 0.4) is 0 Å². The number of hydrogen-bond donors (Lipinski definition) is 0. The van der Waals surface area contributed by atoms with Crippen molar-refractivity contribution in [3.63, 3.8) is 0 Å². The molecular weight excluding hydrogens is 156 g/mol. The quantitative estimate of drug-likeness (QED) is 0.562. The first kappa shape index (κ1) is 11.2. The molecule has 0 rings (SSSR count). The lowest BCUT2D eigenvalue weighted by Gasteiger charge is -2.28. The number of urea groups is 1. The summed E-state index contributed by atoms with van der Waals surface area (Å²) < 4.78 is 0. The van der Waals surface area contributed by atoms with Crippen LogP contribution >= 0.6 is 0 Å². The van der Waals surface area contributed by atoms with E-state index in [1.165, 1.54) is 9.96 Å². The maximum Gasteiger partial charge on any atom is 0.343 e. The second kappa shape index (κ2) is 3.76. The fourth-order valence-electron chi connectivity index (χ4n) is 0.731. The third-order valence-electron chi connectivity index (χ3n) is 1.06. The fourth-order valence-corrected chi connectivity index (χ4v) is 0.731. The van der Waals surface area contributed by atoms with Crippen LogP contribution in [0.25, 0.3) is 0 Å². The van der Waals surface area contributed by atoms with Crippen LogP contribution in [-0.2, 0) is 4.84 Å². The van der Waals surface area contributed by atoms with Crippen molar-refractivity contribution in [1.29, 1.82) is 0 Å². The SMILES string of the molecule is CN(C)C(=O)N(C)OC(C)(C)C. The van der Waals surface area contributed by atoms with Crippen molar-refractivity contribution in [2.45, 2.75) is 26.4 Å². The van der Waals surface area contributed by atoms with Crippen molar-refractivity contribution in [3.05, 3.63) is 0 Å². The number of hydrogen-bond acceptors (Lipinski definition) is 2. The Balaban J connectivity index is 4.05. The van der Waals surface area contributed by atoms with Crippen LogP contribution in [-0.4, -0.2) is 42.7 Å². The van der Waals surface area contributed by atoms with Crippen molar-refractivity contribution in [1.82, 2.24) is 9.96 Å². The van der Waals surface area contributed by atoms with Gasteiger partial charge >= 0.3 is 6.03 Å². The molecule has 0 saturated heterocycles. The standard InChI is InChI=1S/C8H18N2O2/c1-8(2,3)12-10(6)7(11)9(4)5/h1-6H3. The molecule has 0 saturated carbocycles. The van der Waals surface area contributed by atoms with E-state index in [-0.39, 0.29) is 11.6 Å². The Hall–Kier alpha value is -0.770. The van der Waals surface area contributed by atoms with Crippen LogP contribution in [0.15, 0.2) is 0 Å². The van der Waals surface area contributed by atoms with Gasteiger partial charge < -0.3 is 4.90 Å². The van der Waals surface area contributed by atoms with E-state index in [0.717, 1.165) is 0 Å². The minimum absolute atomic E-state index is 0.162. The van der Waals surface area contributed by atoms with Gasteiger partial charge in [-0.1, -0.05) is 0 Å². The molecule has 0 atom stereocenters. The number of carbonyl (C=O) groups excluding carboxylic acids is 1. The van der Waals surface area contributed by atoms with E-state index >= 15 is 0 Å². The van der Waals surface area contributed by atoms with Crippen LogP contribution < -0.4 is 0 Å². The van der Waals surface area contributed by atoms with Gasteiger partial charge in [0.1, 0.15) is 0 Å². The largest absolute Gasteiger partial charge is 0.343 e. The lowest BCUT2D eigenvalue weighted by molar-refractivity contribution is -0.183. The van der Waals surface area contributed by atoms with Crippen molar-refractivity contribution < 1.29 is 9.63 Å². The molecule has 0 aromatic carbocycles. The minimum atomic E-state index is -0.333. The van der Waals surface area contributed by atoms with E-state index in [1.54, 1.807) is 21.1 Å². The van der Waals surface area contributed by atoms with Crippen LogP contribution in [0, 0.1) is 0 Å². The fraction of sp³-hybridized carbons (Fsp3) is 0.875. The van der Waals surface area contributed by atoms with Gasteiger partial charge in [-0.15, -0.1) is 0 Å². The van der Waals surface area contributed by atoms with Gasteiger partial charge in [0.15, 0.2) is 0 Å². The summed E-state index contributed by atoms with van der Waals surface area (Å²) in [6, 6.07) is -0.162. The van der Waals surface area contributed by atoms with Gasteiger partial charge in [0.25, 0.3) is 0 Å². The highest BCUT2D eigenvalue weighted by atomic mass is 16.7. The second-order valence-electron chi connectivity index (χ2n) is 3.88. The maximum absolute atomic E-state index is 11.2. The van der Waals surface area contributed by atoms with Crippen LogP contribution in [0.2, 0.25) is 0 Å². The zero-order valence-corrected chi connectivity index (χ0v) is 8.71. The summed E-state index contributed by atoms with van der Waals surface area (Å²) in [5.74, 6) is 0. The van der Waals surface area contributed by atoms with Gasteiger partial charge in [0, 0.05) is 21.1 Å². The van der Waals surface area contributed by atoms with Crippen LogP contribution in [0.4, 0.5) is 4.79 Å². The highest BCUT2D eigenvalue weighted by molar-refractivity contribution is 5.72. The smallest absolute Gasteiger partial charge is 0.329 e. The molecule has 0 heterocycles. The summed E-state index contributed by atoms with van der Waals surface area (Å²) >= 11 is 0. The summed E-state index contributed by atoms with van der Waals surface area (Å²) in [7, 11) is 4.98. The molecule has 12 heavy (non-hydrogen) atoms. The lowest BCUT2D eigenvalue weighted by Crippen LogP contribution is -2.41. The molecule has 72 valence electrons. The van der Waals surface area contributed by atoms with Crippen molar-refractivity contribution in [3.8, 4) is 0 Å². The molecule has 4 nitrogen and oxygen atoms in total. The third-order valence-corrected chi connectivity index (χ3v) is 1.06. The Kier molecular flexibility index (Phi) is 3.52. The molecule has 0 radical (unpaired) electrons. The molecule has 0 unspecified atom stereocenters. The number of carbonyl (C=O) groups is 1. The molecule has 2 amide bonds. The van der Waals surface area contributed by atoms with Gasteiger partial charge in [0.2, 0.25) is 0 Å². The van der Waals surface area contributed by atoms with Gasteiger partial charge in [0.05, 0.1) is 5.60 Å². The topological polar surface area (TPSA) is 32.8 Å². The second-order valence-corrected chi connectivity index (χ2v) is 3.88. The molecule has 0 bridgehead atoms. The van der Waals surface area contributed by atoms with Gasteiger partial charge in [-0.3, -0.25) is 4.84 Å². The molecule has 0 aliphatic heterocycles. The summed E-state index contributed by atoms with van der Waals surface area (Å²) in [6.45, 7) is 5.69. The Labute approximate surface area is 74.0 Å². The summed E-state index contributed by atoms with van der Waals surface area (Å²) in [5.41, 5.74) is -0.333. The number of rotatable bonds is 1. The van der Waals surface area contributed by atoms with E-state index < -0.39 is 0 Å². The minimum Gasteiger partial charge on any atom is -0.329 e. The maximum atomic E-state index is 11.2. The predicted octanol–water partition coefficient (Wildman–Crippen LogP) is 1.33. The number of amides is 2. The van der Waals surface area contributed by atoms with E-state index in [4.69, 9.17) is 4.84 Å². The first-order valence-electron chi connectivity index (χ1n) is 3.88. The van der Waals surface area contributed by atoms with Crippen LogP contribution in [0.1, 0.15) is 20.8 Å². The summed E-state index contributed by atoms with van der Waals surface area (Å²) in [5, 5.41) is 1.24. The zero-order valence-electron chi connectivity index (χ0n) is 8.71. The number of hydroxylamine groups is 2. The number of nitrogens with zero attached hydrogens (tertiary/aromatic N) is 2. The van der Waals surface area contributed by atoms with E-state index in [9.17, 15) is 4.79 Å². The highest BCUT2D eigenvalue weighted by Gasteiger charge is 2.19. The average molecular weight is 174 g/mol.